The van der Waals surface area contributed by atoms with E-state index in [1.807, 2.05) is 26.0 Å². The predicted molar refractivity (Wildman–Crippen MR) is 68.5 cm³/mol. The van der Waals surface area contributed by atoms with Crippen LogP contribution in [0.5, 0.6) is 5.75 Å². The fourth-order valence-corrected chi connectivity index (χ4v) is 2.14. The van der Waals surface area contributed by atoms with Crippen molar-refractivity contribution in [2.24, 2.45) is 0 Å². The number of phenols is 1. The Morgan fingerprint density at radius 1 is 1.44 bits per heavy atom. The fourth-order valence-electron chi connectivity index (χ4n) is 1.52. The van der Waals surface area contributed by atoms with Crippen LogP contribution in [-0.2, 0) is 6.54 Å². The first kappa shape index (κ1) is 13.5. The van der Waals surface area contributed by atoms with Crippen molar-refractivity contribution in [2.45, 2.75) is 32.9 Å². The van der Waals surface area contributed by atoms with Gasteiger partial charge in [0.2, 0.25) is 0 Å². The number of benzene rings is 1. The molecule has 3 nitrogen and oxygen atoms in total. The SMILES string of the molecule is Cc1cc(Br)c(O)c(CNC(C)CCO)c1. The largest absolute Gasteiger partial charge is 0.506 e. The first-order chi connectivity index (χ1) is 7.54. The molecule has 0 aromatic heterocycles. The number of nitrogens with one attached hydrogen (secondary N) is 1. The zero-order valence-electron chi connectivity index (χ0n) is 9.63. The van der Waals surface area contributed by atoms with Gasteiger partial charge in [-0.2, -0.15) is 0 Å². The van der Waals surface area contributed by atoms with Crippen LogP contribution in [-0.4, -0.2) is 22.9 Å². The minimum absolute atomic E-state index is 0.178. The molecule has 3 N–H and O–H groups in total. The van der Waals surface area contributed by atoms with Gasteiger partial charge in [-0.15, -0.1) is 0 Å². The third-order valence-electron chi connectivity index (χ3n) is 2.49. The topological polar surface area (TPSA) is 52.5 Å². The molecular formula is C12H18BrNO2. The maximum atomic E-state index is 9.83. The van der Waals surface area contributed by atoms with Gasteiger partial charge in [0.25, 0.3) is 0 Å². The van der Waals surface area contributed by atoms with Crippen LogP contribution >= 0.6 is 15.9 Å². The molecule has 0 fully saturated rings. The number of phenolic OH excluding ortho intramolecular Hbond substituents is 1. The highest BCUT2D eigenvalue weighted by molar-refractivity contribution is 9.10. The van der Waals surface area contributed by atoms with E-state index in [9.17, 15) is 5.11 Å². The highest BCUT2D eigenvalue weighted by Gasteiger charge is 2.08. The van der Waals surface area contributed by atoms with Crippen LogP contribution in [0.2, 0.25) is 0 Å². The summed E-state index contributed by atoms with van der Waals surface area (Å²) < 4.78 is 0.721. The smallest absolute Gasteiger partial charge is 0.134 e. The van der Waals surface area contributed by atoms with Crippen LogP contribution in [0.3, 0.4) is 0 Å². The fraction of sp³-hybridized carbons (Fsp3) is 0.500. The van der Waals surface area contributed by atoms with Gasteiger partial charge in [0.15, 0.2) is 0 Å². The molecule has 0 amide bonds. The zero-order chi connectivity index (χ0) is 12.1. The molecule has 0 saturated heterocycles. The Labute approximate surface area is 105 Å². The molecule has 1 atom stereocenters. The summed E-state index contributed by atoms with van der Waals surface area (Å²) in [7, 11) is 0. The Kier molecular flexibility index (Phi) is 5.25. The molecule has 0 aliphatic rings. The lowest BCUT2D eigenvalue weighted by atomic mass is 10.1. The molecule has 0 heterocycles. The standard InChI is InChI=1S/C12H18BrNO2/c1-8-5-10(12(16)11(13)6-8)7-14-9(2)3-4-15/h5-6,9,14-16H,3-4,7H2,1-2H3. The van der Waals surface area contributed by atoms with E-state index >= 15 is 0 Å². The Balaban J connectivity index is 2.66. The summed E-state index contributed by atoms with van der Waals surface area (Å²) in [5, 5.41) is 21.9. The molecule has 0 aliphatic carbocycles. The lowest BCUT2D eigenvalue weighted by Crippen LogP contribution is -2.26. The summed E-state index contributed by atoms with van der Waals surface area (Å²) in [5.74, 6) is 0.286. The molecule has 1 aromatic carbocycles. The zero-order valence-corrected chi connectivity index (χ0v) is 11.2. The highest BCUT2D eigenvalue weighted by atomic mass is 79.9. The van der Waals surface area contributed by atoms with Crippen LogP contribution in [0.4, 0.5) is 0 Å². The maximum Gasteiger partial charge on any atom is 0.134 e. The average molecular weight is 288 g/mol. The number of rotatable bonds is 5. The Bertz CT molecular complexity index is 355. The quantitative estimate of drug-likeness (QED) is 0.779. The molecule has 1 unspecified atom stereocenters. The van der Waals surface area contributed by atoms with Gasteiger partial charge in [-0.3, -0.25) is 0 Å². The molecule has 16 heavy (non-hydrogen) atoms. The van der Waals surface area contributed by atoms with E-state index < -0.39 is 0 Å². The maximum absolute atomic E-state index is 9.83. The normalized spacial score (nSPS) is 12.8. The van der Waals surface area contributed by atoms with Gasteiger partial charge in [0.1, 0.15) is 5.75 Å². The lowest BCUT2D eigenvalue weighted by Gasteiger charge is -2.14. The van der Waals surface area contributed by atoms with Gasteiger partial charge in [-0.05, 0) is 47.8 Å². The van der Waals surface area contributed by atoms with Crippen molar-refractivity contribution in [1.82, 2.24) is 5.32 Å². The number of aromatic hydroxyl groups is 1. The van der Waals surface area contributed by atoms with E-state index in [2.05, 4.69) is 21.2 Å². The molecule has 1 aromatic rings. The summed E-state index contributed by atoms with van der Waals surface area (Å²) in [6.07, 6.45) is 0.716. The van der Waals surface area contributed by atoms with Crippen LogP contribution in [0.25, 0.3) is 0 Å². The van der Waals surface area contributed by atoms with Crippen LogP contribution in [0.15, 0.2) is 16.6 Å². The highest BCUT2D eigenvalue weighted by Crippen LogP contribution is 2.29. The second-order valence-electron chi connectivity index (χ2n) is 4.05. The summed E-state index contributed by atoms with van der Waals surface area (Å²) in [6, 6.07) is 4.08. The van der Waals surface area contributed by atoms with Gasteiger partial charge in [0.05, 0.1) is 4.47 Å². The predicted octanol–water partition coefficient (Wildman–Crippen LogP) is 2.32. The van der Waals surface area contributed by atoms with Gasteiger partial charge >= 0.3 is 0 Å². The van der Waals surface area contributed by atoms with Gasteiger partial charge in [-0.25, -0.2) is 0 Å². The minimum atomic E-state index is 0.178. The molecule has 0 bridgehead atoms. The van der Waals surface area contributed by atoms with E-state index in [1.54, 1.807) is 0 Å². The van der Waals surface area contributed by atoms with Crippen molar-refractivity contribution < 1.29 is 10.2 Å². The van der Waals surface area contributed by atoms with Gasteiger partial charge in [0, 0.05) is 24.8 Å². The Morgan fingerprint density at radius 2 is 2.12 bits per heavy atom. The average Bonchev–Trinajstić information content (AvgIpc) is 2.21. The molecule has 0 aliphatic heterocycles. The first-order valence-electron chi connectivity index (χ1n) is 5.36. The molecule has 0 radical (unpaired) electrons. The van der Waals surface area contributed by atoms with Crippen molar-refractivity contribution in [1.29, 1.82) is 0 Å². The molecular weight excluding hydrogens is 270 g/mol. The van der Waals surface area contributed by atoms with Crippen LogP contribution < -0.4 is 5.32 Å². The van der Waals surface area contributed by atoms with Crippen molar-refractivity contribution in [2.75, 3.05) is 6.61 Å². The first-order valence-corrected chi connectivity index (χ1v) is 6.16. The lowest BCUT2D eigenvalue weighted by molar-refractivity contribution is 0.268. The van der Waals surface area contributed by atoms with E-state index in [0.29, 0.717) is 13.0 Å². The summed E-state index contributed by atoms with van der Waals surface area (Å²) in [5.41, 5.74) is 1.98. The van der Waals surface area contributed by atoms with Crippen LogP contribution in [0, 0.1) is 6.92 Å². The second kappa shape index (κ2) is 6.23. The summed E-state index contributed by atoms with van der Waals surface area (Å²) in [6.45, 7) is 4.79. The van der Waals surface area contributed by atoms with Crippen molar-refractivity contribution >= 4 is 15.9 Å². The van der Waals surface area contributed by atoms with Crippen molar-refractivity contribution in [3.63, 3.8) is 0 Å². The monoisotopic (exact) mass is 287 g/mol. The number of hydrogen-bond donors (Lipinski definition) is 3. The number of hydrogen-bond acceptors (Lipinski definition) is 3. The van der Waals surface area contributed by atoms with Crippen LogP contribution in [0.1, 0.15) is 24.5 Å². The molecule has 1 rings (SSSR count). The van der Waals surface area contributed by atoms with Crippen molar-refractivity contribution in [3.05, 3.63) is 27.7 Å². The summed E-state index contributed by atoms with van der Waals surface area (Å²) in [4.78, 5) is 0. The summed E-state index contributed by atoms with van der Waals surface area (Å²) >= 11 is 3.32. The molecule has 0 spiro atoms. The van der Waals surface area contributed by atoms with E-state index in [4.69, 9.17) is 5.11 Å². The Hall–Kier alpha value is -0.580. The number of aliphatic hydroxyl groups is 1. The Morgan fingerprint density at radius 3 is 2.75 bits per heavy atom. The third kappa shape index (κ3) is 3.77. The second-order valence-corrected chi connectivity index (χ2v) is 4.90. The van der Waals surface area contributed by atoms with Crippen molar-refractivity contribution in [3.8, 4) is 5.75 Å². The number of aryl methyl sites for hydroxylation is 1. The number of aliphatic hydroxyl groups excluding tert-OH is 1. The van der Waals surface area contributed by atoms with E-state index in [-0.39, 0.29) is 18.4 Å². The molecule has 90 valence electrons. The van der Waals surface area contributed by atoms with E-state index in [1.165, 1.54) is 0 Å². The van der Waals surface area contributed by atoms with E-state index in [0.717, 1.165) is 15.6 Å². The molecule has 4 heteroatoms. The van der Waals surface area contributed by atoms with Gasteiger partial charge in [-0.1, -0.05) is 6.07 Å². The molecule has 0 saturated carbocycles. The van der Waals surface area contributed by atoms with Gasteiger partial charge < -0.3 is 15.5 Å². The minimum Gasteiger partial charge on any atom is -0.506 e. The third-order valence-corrected chi connectivity index (χ3v) is 3.09. The number of halogens is 1.